The van der Waals surface area contributed by atoms with Crippen LogP contribution in [0, 0.1) is 0 Å². The molecule has 3 aromatic carbocycles. The zero-order valence-electron chi connectivity index (χ0n) is 18.7. The number of Topliss-reactive ketones (excluding diaryl/α,β-unsaturated/α-hetero) is 2. The molecule has 0 aromatic heterocycles. The number of ether oxygens (including phenoxy) is 1. The van der Waals surface area contributed by atoms with Crippen LogP contribution in [0.5, 0.6) is 5.75 Å². The Labute approximate surface area is 203 Å². The van der Waals surface area contributed by atoms with Crippen molar-refractivity contribution in [3.05, 3.63) is 75.8 Å². The molecular formula is C26H26Cl2N2O3. The summed E-state index contributed by atoms with van der Waals surface area (Å²) in [5, 5.41) is 2.93. The van der Waals surface area contributed by atoms with E-state index >= 15 is 0 Å². The van der Waals surface area contributed by atoms with Gasteiger partial charge in [-0.05, 0) is 48.7 Å². The van der Waals surface area contributed by atoms with Crippen molar-refractivity contribution in [1.82, 2.24) is 9.80 Å². The van der Waals surface area contributed by atoms with Crippen LogP contribution in [-0.4, -0.2) is 67.2 Å². The zero-order valence-corrected chi connectivity index (χ0v) is 20.2. The molecule has 1 heterocycles. The number of ketones is 2. The van der Waals surface area contributed by atoms with Crippen LogP contribution in [-0.2, 0) is 0 Å². The number of fused-ring (bicyclic) bond motifs is 1. The SMILES string of the molecule is COc1ccc2cc(C(=O)C(C)N3CCN(CC(=O)c4ccc(Cl)cc4)CC3)ccc2c1Cl. The summed E-state index contributed by atoms with van der Waals surface area (Å²) in [6.45, 7) is 5.26. The molecular weight excluding hydrogens is 459 g/mol. The van der Waals surface area contributed by atoms with Crippen LogP contribution >= 0.6 is 23.2 Å². The van der Waals surface area contributed by atoms with Crippen LogP contribution in [0.15, 0.2) is 54.6 Å². The molecule has 1 aliphatic heterocycles. The quantitative estimate of drug-likeness (QED) is 0.429. The average molecular weight is 485 g/mol. The average Bonchev–Trinajstić information content (AvgIpc) is 2.84. The van der Waals surface area contributed by atoms with E-state index in [2.05, 4.69) is 9.80 Å². The first kappa shape index (κ1) is 23.7. The summed E-state index contributed by atoms with van der Waals surface area (Å²) < 4.78 is 5.27. The molecule has 5 nitrogen and oxygen atoms in total. The van der Waals surface area contributed by atoms with Crippen LogP contribution in [0.4, 0.5) is 0 Å². The van der Waals surface area contributed by atoms with Crippen molar-refractivity contribution in [2.75, 3.05) is 39.8 Å². The van der Waals surface area contributed by atoms with E-state index in [0.29, 0.717) is 33.5 Å². The second-order valence-electron chi connectivity index (χ2n) is 8.30. The minimum Gasteiger partial charge on any atom is -0.495 e. The molecule has 0 bridgehead atoms. The van der Waals surface area contributed by atoms with Crippen molar-refractivity contribution in [2.24, 2.45) is 0 Å². The topological polar surface area (TPSA) is 49.9 Å². The predicted octanol–water partition coefficient (Wildman–Crippen LogP) is 5.23. The molecule has 1 fully saturated rings. The number of hydrogen-bond acceptors (Lipinski definition) is 5. The van der Waals surface area contributed by atoms with Crippen LogP contribution < -0.4 is 4.74 Å². The number of piperazine rings is 1. The molecule has 1 atom stereocenters. The van der Waals surface area contributed by atoms with Crippen molar-refractivity contribution in [2.45, 2.75) is 13.0 Å². The molecule has 33 heavy (non-hydrogen) atoms. The van der Waals surface area contributed by atoms with Gasteiger partial charge in [0, 0.05) is 47.7 Å². The Balaban J connectivity index is 1.37. The van der Waals surface area contributed by atoms with Gasteiger partial charge in [0.1, 0.15) is 5.75 Å². The summed E-state index contributed by atoms with van der Waals surface area (Å²) in [5.74, 6) is 0.772. The summed E-state index contributed by atoms with van der Waals surface area (Å²) in [4.78, 5) is 30.0. The number of halogens is 2. The molecule has 1 aliphatic rings. The third-order valence-electron chi connectivity index (χ3n) is 6.29. The maximum absolute atomic E-state index is 13.2. The van der Waals surface area contributed by atoms with Gasteiger partial charge in [-0.3, -0.25) is 19.4 Å². The Morgan fingerprint density at radius 3 is 2.27 bits per heavy atom. The summed E-state index contributed by atoms with van der Waals surface area (Å²) in [6, 6.07) is 16.1. The van der Waals surface area contributed by atoms with Gasteiger partial charge in [0.25, 0.3) is 0 Å². The second kappa shape index (κ2) is 10.2. The number of rotatable bonds is 7. The van der Waals surface area contributed by atoms with Gasteiger partial charge in [-0.25, -0.2) is 0 Å². The number of hydrogen-bond donors (Lipinski definition) is 0. The third-order valence-corrected chi connectivity index (χ3v) is 6.93. The molecule has 0 radical (unpaired) electrons. The van der Waals surface area contributed by atoms with Crippen molar-refractivity contribution in [1.29, 1.82) is 0 Å². The van der Waals surface area contributed by atoms with Crippen LogP contribution in [0.1, 0.15) is 27.6 Å². The maximum atomic E-state index is 13.2. The largest absolute Gasteiger partial charge is 0.495 e. The van der Waals surface area contributed by atoms with Gasteiger partial charge < -0.3 is 4.74 Å². The summed E-state index contributed by atoms with van der Waals surface area (Å²) in [7, 11) is 1.58. The Bertz CT molecular complexity index is 1170. The van der Waals surface area contributed by atoms with E-state index in [0.717, 1.165) is 37.0 Å². The van der Waals surface area contributed by atoms with Gasteiger partial charge in [0.05, 0.1) is 24.7 Å². The fraction of sp³-hybridized carbons (Fsp3) is 0.308. The Morgan fingerprint density at radius 1 is 0.939 bits per heavy atom. The molecule has 0 aliphatic carbocycles. The van der Waals surface area contributed by atoms with E-state index in [1.54, 1.807) is 31.4 Å². The fourth-order valence-electron chi connectivity index (χ4n) is 4.23. The number of methoxy groups -OCH3 is 1. The van der Waals surface area contributed by atoms with E-state index < -0.39 is 0 Å². The van der Waals surface area contributed by atoms with Gasteiger partial charge in [-0.1, -0.05) is 41.4 Å². The molecule has 0 N–H and O–H groups in total. The highest BCUT2D eigenvalue weighted by atomic mass is 35.5. The first-order valence-corrected chi connectivity index (χ1v) is 11.7. The van der Waals surface area contributed by atoms with E-state index in [4.69, 9.17) is 27.9 Å². The Kier molecular flexibility index (Phi) is 7.35. The standard InChI is InChI=1S/C26H26Cl2N2O3/c1-17(26(32)20-5-9-22-19(15-20)6-10-24(33-2)25(22)28)30-13-11-29(12-14-30)16-23(31)18-3-7-21(27)8-4-18/h3-10,15,17H,11-14,16H2,1-2H3. The molecule has 1 unspecified atom stereocenters. The molecule has 0 spiro atoms. The van der Waals surface area contributed by atoms with Gasteiger partial charge in [-0.2, -0.15) is 0 Å². The molecule has 1 saturated heterocycles. The predicted molar refractivity (Wildman–Crippen MR) is 133 cm³/mol. The van der Waals surface area contributed by atoms with Gasteiger partial charge in [-0.15, -0.1) is 0 Å². The normalized spacial score (nSPS) is 16.0. The first-order valence-electron chi connectivity index (χ1n) is 10.9. The first-order chi connectivity index (χ1) is 15.9. The van der Waals surface area contributed by atoms with Gasteiger partial charge in [0.2, 0.25) is 0 Å². The number of carbonyl (C=O) groups excluding carboxylic acids is 2. The fourth-order valence-corrected chi connectivity index (χ4v) is 4.67. The van der Waals surface area contributed by atoms with Crippen molar-refractivity contribution in [3.63, 3.8) is 0 Å². The van der Waals surface area contributed by atoms with Crippen LogP contribution in [0.3, 0.4) is 0 Å². The lowest BCUT2D eigenvalue weighted by Crippen LogP contribution is -2.52. The number of carbonyl (C=O) groups is 2. The van der Waals surface area contributed by atoms with E-state index in [1.807, 2.05) is 37.3 Å². The van der Waals surface area contributed by atoms with E-state index in [-0.39, 0.29) is 17.6 Å². The highest BCUT2D eigenvalue weighted by molar-refractivity contribution is 6.37. The summed E-state index contributed by atoms with van der Waals surface area (Å²) in [6.07, 6.45) is 0. The number of nitrogens with zero attached hydrogens (tertiary/aromatic N) is 2. The lowest BCUT2D eigenvalue weighted by atomic mass is 9.99. The molecule has 172 valence electrons. The summed E-state index contributed by atoms with van der Waals surface area (Å²) in [5.41, 5.74) is 1.33. The van der Waals surface area contributed by atoms with Gasteiger partial charge >= 0.3 is 0 Å². The number of benzene rings is 3. The second-order valence-corrected chi connectivity index (χ2v) is 9.11. The smallest absolute Gasteiger partial charge is 0.179 e. The minimum atomic E-state index is -0.245. The van der Waals surface area contributed by atoms with Crippen LogP contribution in [0.25, 0.3) is 10.8 Å². The molecule has 7 heteroatoms. The maximum Gasteiger partial charge on any atom is 0.179 e. The van der Waals surface area contributed by atoms with E-state index in [1.165, 1.54) is 0 Å². The third kappa shape index (κ3) is 5.22. The van der Waals surface area contributed by atoms with Crippen molar-refractivity contribution in [3.8, 4) is 5.75 Å². The Hall–Kier alpha value is -2.44. The van der Waals surface area contributed by atoms with Crippen molar-refractivity contribution >= 4 is 45.5 Å². The molecule has 0 saturated carbocycles. The minimum absolute atomic E-state index is 0.0783. The molecule has 4 rings (SSSR count). The highest BCUT2D eigenvalue weighted by Crippen LogP contribution is 2.33. The lowest BCUT2D eigenvalue weighted by molar-refractivity contribution is 0.0662. The Morgan fingerprint density at radius 2 is 1.61 bits per heavy atom. The van der Waals surface area contributed by atoms with Crippen molar-refractivity contribution < 1.29 is 14.3 Å². The molecule has 0 amide bonds. The van der Waals surface area contributed by atoms with Crippen LogP contribution in [0.2, 0.25) is 10.0 Å². The summed E-state index contributed by atoms with van der Waals surface area (Å²) >= 11 is 12.3. The monoisotopic (exact) mass is 484 g/mol. The zero-order chi connectivity index (χ0) is 23.5. The lowest BCUT2D eigenvalue weighted by Gasteiger charge is -2.37. The molecule has 3 aromatic rings. The van der Waals surface area contributed by atoms with Gasteiger partial charge in [0.15, 0.2) is 11.6 Å². The van der Waals surface area contributed by atoms with E-state index in [9.17, 15) is 9.59 Å². The highest BCUT2D eigenvalue weighted by Gasteiger charge is 2.27.